The van der Waals surface area contributed by atoms with Crippen LogP contribution in [0.1, 0.15) is 13.3 Å². The molecule has 1 heterocycles. The number of hydrogen-bond acceptors (Lipinski definition) is 4. The van der Waals surface area contributed by atoms with Gasteiger partial charge in [0.15, 0.2) is 0 Å². The SMILES string of the molecule is CN1CCN(CCC(C)(N)CO)c2ccccc21. The second kappa shape index (κ2) is 5.16. The van der Waals surface area contributed by atoms with Gasteiger partial charge in [-0.25, -0.2) is 0 Å². The Morgan fingerprint density at radius 2 is 1.94 bits per heavy atom. The molecule has 4 nitrogen and oxygen atoms in total. The predicted molar refractivity (Wildman–Crippen MR) is 76.2 cm³/mol. The summed E-state index contributed by atoms with van der Waals surface area (Å²) >= 11 is 0. The summed E-state index contributed by atoms with van der Waals surface area (Å²) in [6.07, 6.45) is 0.793. The average Bonchev–Trinajstić information content (AvgIpc) is 2.38. The van der Waals surface area contributed by atoms with Crippen LogP contribution in [-0.2, 0) is 0 Å². The third-order valence-electron chi connectivity index (χ3n) is 3.65. The number of aliphatic hydroxyl groups excluding tert-OH is 1. The highest BCUT2D eigenvalue weighted by molar-refractivity contribution is 5.73. The van der Waals surface area contributed by atoms with Gasteiger partial charge in [0.1, 0.15) is 0 Å². The summed E-state index contributed by atoms with van der Waals surface area (Å²) < 4.78 is 0. The maximum atomic E-state index is 9.21. The summed E-state index contributed by atoms with van der Waals surface area (Å²) in [6.45, 7) is 4.85. The second-order valence-electron chi connectivity index (χ2n) is 5.46. The summed E-state index contributed by atoms with van der Waals surface area (Å²) in [6, 6.07) is 8.44. The molecule has 0 saturated heterocycles. The van der Waals surface area contributed by atoms with Crippen molar-refractivity contribution in [2.24, 2.45) is 5.73 Å². The van der Waals surface area contributed by atoms with Crippen molar-refractivity contribution >= 4 is 11.4 Å². The summed E-state index contributed by atoms with van der Waals surface area (Å²) in [7, 11) is 2.12. The molecule has 0 saturated carbocycles. The highest BCUT2D eigenvalue weighted by Crippen LogP contribution is 2.31. The second-order valence-corrected chi connectivity index (χ2v) is 5.46. The fourth-order valence-electron chi connectivity index (χ4n) is 2.27. The fourth-order valence-corrected chi connectivity index (χ4v) is 2.27. The number of para-hydroxylation sites is 2. The minimum absolute atomic E-state index is 0.0301. The van der Waals surface area contributed by atoms with Gasteiger partial charge in [-0.2, -0.15) is 0 Å². The van der Waals surface area contributed by atoms with Crippen molar-refractivity contribution in [2.75, 3.05) is 43.1 Å². The van der Waals surface area contributed by atoms with Gasteiger partial charge in [0, 0.05) is 32.2 Å². The Kier molecular flexibility index (Phi) is 3.78. The number of nitrogens with two attached hydrogens (primary N) is 1. The molecule has 0 radical (unpaired) electrons. The Bertz CT molecular complexity index is 406. The van der Waals surface area contributed by atoms with Crippen molar-refractivity contribution in [2.45, 2.75) is 18.9 Å². The first-order chi connectivity index (χ1) is 8.53. The molecule has 2 rings (SSSR count). The van der Waals surface area contributed by atoms with Gasteiger partial charge in [-0.15, -0.1) is 0 Å². The molecule has 100 valence electrons. The van der Waals surface area contributed by atoms with Crippen LogP contribution in [0.25, 0.3) is 0 Å². The number of rotatable bonds is 4. The Hall–Kier alpha value is -1.26. The molecule has 0 fully saturated rings. The van der Waals surface area contributed by atoms with E-state index in [0.717, 1.165) is 26.1 Å². The van der Waals surface area contributed by atoms with Crippen LogP contribution >= 0.6 is 0 Å². The van der Waals surface area contributed by atoms with E-state index in [1.54, 1.807) is 0 Å². The molecule has 0 aromatic heterocycles. The van der Waals surface area contributed by atoms with Crippen LogP contribution in [0, 0.1) is 0 Å². The number of hydrogen-bond donors (Lipinski definition) is 2. The molecule has 0 amide bonds. The Morgan fingerprint density at radius 3 is 2.61 bits per heavy atom. The lowest BCUT2D eigenvalue weighted by molar-refractivity contribution is 0.201. The van der Waals surface area contributed by atoms with Crippen molar-refractivity contribution in [1.29, 1.82) is 0 Å². The van der Waals surface area contributed by atoms with Gasteiger partial charge in [-0.3, -0.25) is 0 Å². The average molecular weight is 249 g/mol. The molecule has 1 aliphatic heterocycles. The van der Waals surface area contributed by atoms with Gasteiger partial charge < -0.3 is 20.6 Å². The van der Waals surface area contributed by atoms with Gasteiger partial charge in [0.25, 0.3) is 0 Å². The third-order valence-corrected chi connectivity index (χ3v) is 3.65. The van der Waals surface area contributed by atoms with Gasteiger partial charge in [-0.1, -0.05) is 12.1 Å². The lowest BCUT2D eigenvalue weighted by Crippen LogP contribution is -2.46. The lowest BCUT2D eigenvalue weighted by Gasteiger charge is -2.38. The van der Waals surface area contributed by atoms with Crippen LogP contribution < -0.4 is 15.5 Å². The van der Waals surface area contributed by atoms with Gasteiger partial charge >= 0.3 is 0 Å². The Balaban J connectivity index is 2.10. The molecule has 1 atom stereocenters. The molecule has 1 unspecified atom stereocenters. The third kappa shape index (κ3) is 2.76. The zero-order valence-corrected chi connectivity index (χ0v) is 11.3. The maximum Gasteiger partial charge on any atom is 0.0609 e. The van der Waals surface area contributed by atoms with E-state index < -0.39 is 5.54 Å². The molecular weight excluding hydrogens is 226 g/mol. The zero-order valence-electron chi connectivity index (χ0n) is 11.3. The van der Waals surface area contributed by atoms with Crippen LogP contribution in [-0.4, -0.2) is 43.9 Å². The van der Waals surface area contributed by atoms with Crippen LogP contribution in [0.3, 0.4) is 0 Å². The minimum Gasteiger partial charge on any atom is -0.394 e. The molecule has 1 aliphatic rings. The first-order valence-corrected chi connectivity index (χ1v) is 6.48. The smallest absolute Gasteiger partial charge is 0.0609 e. The minimum atomic E-state index is -0.488. The number of aliphatic hydroxyl groups is 1. The molecule has 1 aromatic carbocycles. The summed E-state index contributed by atoms with van der Waals surface area (Å²) in [5.74, 6) is 0. The predicted octanol–water partition coefficient (Wildman–Crippen LogP) is 1.04. The highest BCUT2D eigenvalue weighted by Gasteiger charge is 2.23. The lowest BCUT2D eigenvalue weighted by atomic mass is 10.00. The van der Waals surface area contributed by atoms with E-state index in [2.05, 4.69) is 41.1 Å². The standard InChI is InChI=1S/C14H23N3O/c1-14(15,11-18)7-8-17-10-9-16(2)12-5-3-4-6-13(12)17/h3-6,18H,7-11,15H2,1-2H3. The molecule has 0 spiro atoms. The Morgan fingerprint density at radius 1 is 1.28 bits per heavy atom. The first-order valence-electron chi connectivity index (χ1n) is 6.48. The number of anilines is 2. The van der Waals surface area contributed by atoms with Crippen molar-refractivity contribution < 1.29 is 5.11 Å². The fraction of sp³-hybridized carbons (Fsp3) is 0.571. The van der Waals surface area contributed by atoms with Gasteiger partial charge in [0.05, 0.1) is 18.0 Å². The van der Waals surface area contributed by atoms with Crippen molar-refractivity contribution in [3.05, 3.63) is 24.3 Å². The molecule has 18 heavy (non-hydrogen) atoms. The summed E-state index contributed by atoms with van der Waals surface area (Å²) in [5, 5.41) is 9.21. The van der Waals surface area contributed by atoms with Crippen LogP contribution in [0.4, 0.5) is 11.4 Å². The van der Waals surface area contributed by atoms with Gasteiger partial charge in [-0.05, 0) is 25.5 Å². The topological polar surface area (TPSA) is 52.7 Å². The number of benzene rings is 1. The van der Waals surface area contributed by atoms with Crippen molar-refractivity contribution in [3.63, 3.8) is 0 Å². The zero-order chi connectivity index (χ0) is 13.2. The molecule has 4 heteroatoms. The summed E-state index contributed by atoms with van der Waals surface area (Å²) in [4.78, 5) is 4.63. The Labute approximate surface area is 109 Å². The molecule has 3 N–H and O–H groups in total. The van der Waals surface area contributed by atoms with E-state index in [1.807, 2.05) is 6.92 Å². The van der Waals surface area contributed by atoms with Crippen LogP contribution in [0.15, 0.2) is 24.3 Å². The number of fused-ring (bicyclic) bond motifs is 1. The highest BCUT2D eigenvalue weighted by atomic mass is 16.3. The van der Waals surface area contributed by atoms with E-state index in [1.165, 1.54) is 11.4 Å². The molecule has 0 aliphatic carbocycles. The van der Waals surface area contributed by atoms with E-state index >= 15 is 0 Å². The van der Waals surface area contributed by atoms with Crippen molar-refractivity contribution in [3.8, 4) is 0 Å². The molecule has 1 aromatic rings. The van der Waals surface area contributed by atoms with Gasteiger partial charge in [0.2, 0.25) is 0 Å². The number of nitrogens with zero attached hydrogens (tertiary/aromatic N) is 2. The van der Waals surface area contributed by atoms with E-state index in [-0.39, 0.29) is 6.61 Å². The number of likely N-dealkylation sites (N-methyl/N-ethyl adjacent to an activating group) is 1. The van der Waals surface area contributed by atoms with E-state index in [4.69, 9.17) is 5.73 Å². The van der Waals surface area contributed by atoms with E-state index in [9.17, 15) is 5.11 Å². The van der Waals surface area contributed by atoms with Crippen molar-refractivity contribution in [1.82, 2.24) is 0 Å². The van der Waals surface area contributed by atoms with E-state index in [0.29, 0.717) is 0 Å². The molecular formula is C14H23N3O. The van der Waals surface area contributed by atoms with Crippen LogP contribution in [0.5, 0.6) is 0 Å². The monoisotopic (exact) mass is 249 g/mol. The molecule has 0 bridgehead atoms. The maximum absolute atomic E-state index is 9.21. The largest absolute Gasteiger partial charge is 0.394 e. The first kappa shape index (κ1) is 13.2. The quantitative estimate of drug-likeness (QED) is 0.837. The normalized spacial score (nSPS) is 18.4. The van der Waals surface area contributed by atoms with Crippen LogP contribution in [0.2, 0.25) is 0 Å². The summed E-state index contributed by atoms with van der Waals surface area (Å²) in [5.41, 5.74) is 8.04.